The predicted octanol–water partition coefficient (Wildman–Crippen LogP) is 3.96. The topological polar surface area (TPSA) is 40.5 Å². The van der Waals surface area contributed by atoms with Crippen molar-refractivity contribution in [2.24, 2.45) is 0 Å². The molecule has 0 spiro atoms. The first kappa shape index (κ1) is 14.9. The van der Waals surface area contributed by atoms with Crippen LogP contribution in [0.2, 0.25) is 0 Å². The monoisotopic (exact) mass is 295 g/mol. The van der Waals surface area contributed by atoms with Crippen LogP contribution in [0.15, 0.2) is 36.4 Å². The normalized spacial score (nSPS) is 10.5. The Kier molecular flexibility index (Phi) is 4.16. The van der Waals surface area contributed by atoms with Gasteiger partial charge in [0.1, 0.15) is 5.82 Å². The summed E-state index contributed by atoms with van der Waals surface area (Å²) in [6.07, 6.45) is 0. The van der Waals surface area contributed by atoms with Gasteiger partial charge in [0, 0.05) is 12.2 Å². The first-order chi connectivity index (χ1) is 9.95. The number of anilines is 2. The zero-order valence-corrected chi connectivity index (χ0v) is 11.1. The van der Waals surface area contributed by atoms with E-state index in [1.165, 1.54) is 23.1 Å². The number of hydrogen-bond acceptors (Lipinski definition) is 2. The van der Waals surface area contributed by atoms with Crippen molar-refractivity contribution in [2.75, 3.05) is 11.4 Å². The van der Waals surface area contributed by atoms with Gasteiger partial charge in [-0.2, -0.15) is 0 Å². The molecule has 0 heterocycles. The second-order valence-corrected chi connectivity index (χ2v) is 4.29. The zero-order chi connectivity index (χ0) is 15.6. The van der Waals surface area contributed by atoms with E-state index in [4.69, 9.17) is 5.11 Å². The van der Waals surface area contributed by atoms with Gasteiger partial charge in [-0.3, -0.25) is 0 Å². The van der Waals surface area contributed by atoms with Gasteiger partial charge in [-0.05, 0) is 37.3 Å². The Hall–Kier alpha value is -2.50. The van der Waals surface area contributed by atoms with Crippen LogP contribution in [0.1, 0.15) is 17.3 Å². The predicted molar refractivity (Wildman–Crippen MR) is 72.4 cm³/mol. The lowest BCUT2D eigenvalue weighted by Crippen LogP contribution is -2.19. The molecule has 21 heavy (non-hydrogen) atoms. The standard InChI is InChI=1S/C15H12F3NO2/c1-2-19(10-5-3-4-9(16)8-10)12-7-6-11(15(20)21)13(17)14(12)18/h3-8H,2H2,1H3,(H,20,21). The molecule has 0 saturated carbocycles. The summed E-state index contributed by atoms with van der Waals surface area (Å²) in [6, 6.07) is 7.57. The van der Waals surface area contributed by atoms with Gasteiger partial charge in [-0.15, -0.1) is 0 Å². The molecule has 0 radical (unpaired) electrons. The molecule has 1 N–H and O–H groups in total. The number of nitrogens with zero attached hydrogens (tertiary/aromatic N) is 1. The highest BCUT2D eigenvalue weighted by molar-refractivity contribution is 5.88. The number of carbonyl (C=O) groups is 1. The van der Waals surface area contributed by atoms with E-state index in [1.54, 1.807) is 13.0 Å². The highest BCUT2D eigenvalue weighted by Crippen LogP contribution is 2.30. The van der Waals surface area contributed by atoms with E-state index in [-0.39, 0.29) is 12.2 Å². The smallest absolute Gasteiger partial charge is 0.338 e. The van der Waals surface area contributed by atoms with E-state index in [0.29, 0.717) is 5.69 Å². The summed E-state index contributed by atoms with van der Waals surface area (Å²) in [5.41, 5.74) is -0.545. The van der Waals surface area contributed by atoms with Crippen LogP contribution < -0.4 is 4.90 Å². The minimum atomic E-state index is -1.55. The van der Waals surface area contributed by atoms with Gasteiger partial charge in [-0.25, -0.2) is 18.0 Å². The van der Waals surface area contributed by atoms with Crippen molar-refractivity contribution >= 4 is 17.3 Å². The lowest BCUT2D eigenvalue weighted by molar-refractivity contribution is 0.0690. The minimum absolute atomic E-state index is 0.148. The van der Waals surface area contributed by atoms with Crippen molar-refractivity contribution in [3.63, 3.8) is 0 Å². The average molecular weight is 295 g/mol. The molecular formula is C15H12F3NO2. The Morgan fingerprint density at radius 3 is 2.43 bits per heavy atom. The third kappa shape index (κ3) is 2.84. The van der Waals surface area contributed by atoms with Crippen LogP contribution in [0.25, 0.3) is 0 Å². The molecule has 0 aliphatic carbocycles. The molecule has 0 fully saturated rings. The highest BCUT2D eigenvalue weighted by Gasteiger charge is 2.21. The molecule has 2 rings (SSSR count). The molecule has 0 aliphatic rings. The van der Waals surface area contributed by atoms with Crippen LogP contribution >= 0.6 is 0 Å². The lowest BCUT2D eigenvalue weighted by Gasteiger charge is -2.24. The van der Waals surface area contributed by atoms with Crippen LogP contribution in [0.5, 0.6) is 0 Å². The summed E-state index contributed by atoms with van der Waals surface area (Å²) in [5, 5.41) is 8.76. The summed E-state index contributed by atoms with van der Waals surface area (Å²) in [7, 11) is 0. The number of halogens is 3. The van der Waals surface area contributed by atoms with Crippen LogP contribution in [0.3, 0.4) is 0 Å². The van der Waals surface area contributed by atoms with Crippen LogP contribution in [0, 0.1) is 17.5 Å². The first-order valence-electron chi connectivity index (χ1n) is 6.20. The maximum Gasteiger partial charge on any atom is 0.338 e. The Morgan fingerprint density at radius 1 is 1.14 bits per heavy atom. The van der Waals surface area contributed by atoms with Gasteiger partial charge in [0.15, 0.2) is 11.6 Å². The molecule has 0 amide bonds. The largest absolute Gasteiger partial charge is 0.478 e. The fourth-order valence-electron chi connectivity index (χ4n) is 2.05. The Morgan fingerprint density at radius 2 is 1.86 bits per heavy atom. The van der Waals surface area contributed by atoms with Crippen LogP contribution in [-0.4, -0.2) is 17.6 Å². The zero-order valence-electron chi connectivity index (χ0n) is 11.1. The summed E-state index contributed by atoms with van der Waals surface area (Å²) in [4.78, 5) is 12.1. The SMILES string of the molecule is CCN(c1cccc(F)c1)c1ccc(C(=O)O)c(F)c1F. The van der Waals surface area contributed by atoms with E-state index >= 15 is 0 Å². The first-order valence-corrected chi connectivity index (χ1v) is 6.20. The van der Waals surface area contributed by atoms with E-state index in [2.05, 4.69) is 0 Å². The van der Waals surface area contributed by atoms with Crippen molar-refractivity contribution < 1.29 is 23.1 Å². The van der Waals surface area contributed by atoms with Gasteiger partial charge in [0.25, 0.3) is 0 Å². The molecule has 0 aromatic heterocycles. The van der Waals surface area contributed by atoms with Crippen molar-refractivity contribution in [1.29, 1.82) is 0 Å². The molecule has 0 aliphatic heterocycles. The molecule has 0 atom stereocenters. The Labute approximate surface area is 119 Å². The molecule has 2 aromatic rings. The lowest BCUT2D eigenvalue weighted by atomic mass is 10.1. The summed E-state index contributed by atoms with van der Waals surface area (Å²) in [5.74, 6) is -4.77. The van der Waals surface area contributed by atoms with E-state index in [0.717, 1.165) is 12.1 Å². The molecule has 0 saturated heterocycles. The summed E-state index contributed by atoms with van der Waals surface area (Å²) < 4.78 is 41.1. The number of aromatic carboxylic acids is 1. The van der Waals surface area contributed by atoms with Crippen molar-refractivity contribution in [1.82, 2.24) is 0 Å². The number of carboxylic acids is 1. The molecule has 6 heteroatoms. The third-order valence-corrected chi connectivity index (χ3v) is 3.02. The maximum absolute atomic E-state index is 14.1. The molecule has 110 valence electrons. The fraction of sp³-hybridized carbons (Fsp3) is 0.133. The molecule has 0 unspecified atom stereocenters. The average Bonchev–Trinajstić information content (AvgIpc) is 2.44. The van der Waals surface area contributed by atoms with E-state index in [9.17, 15) is 18.0 Å². The van der Waals surface area contributed by atoms with Crippen molar-refractivity contribution in [2.45, 2.75) is 6.92 Å². The van der Waals surface area contributed by atoms with Gasteiger partial charge >= 0.3 is 5.97 Å². The second-order valence-electron chi connectivity index (χ2n) is 4.29. The van der Waals surface area contributed by atoms with Crippen LogP contribution in [-0.2, 0) is 0 Å². The second kappa shape index (κ2) is 5.87. The van der Waals surface area contributed by atoms with Gasteiger partial charge in [0.2, 0.25) is 0 Å². The van der Waals surface area contributed by atoms with Crippen molar-refractivity contribution in [3.05, 3.63) is 59.4 Å². The number of hydrogen-bond donors (Lipinski definition) is 1. The highest BCUT2D eigenvalue weighted by atomic mass is 19.2. The number of benzene rings is 2. The molecule has 2 aromatic carbocycles. The van der Waals surface area contributed by atoms with Gasteiger partial charge in [0.05, 0.1) is 11.3 Å². The number of carboxylic acid groups (broad SMARTS) is 1. The van der Waals surface area contributed by atoms with E-state index in [1.807, 2.05) is 0 Å². The summed E-state index contributed by atoms with van der Waals surface area (Å²) >= 11 is 0. The Bertz CT molecular complexity index is 689. The summed E-state index contributed by atoms with van der Waals surface area (Å²) in [6.45, 7) is 1.94. The molecule has 0 bridgehead atoms. The molecule has 3 nitrogen and oxygen atoms in total. The van der Waals surface area contributed by atoms with Crippen molar-refractivity contribution in [3.8, 4) is 0 Å². The van der Waals surface area contributed by atoms with E-state index < -0.39 is 29.0 Å². The maximum atomic E-state index is 14.1. The number of rotatable bonds is 4. The van der Waals surface area contributed by atoms with Crippen LogP contribution in [0.4, 0.5) is 24.5 Å². The Balaban J connectivity index is 2.53. The quantitative estimate of drug-likeness (QED) is 0.928. The van der Waals surface area contributed by atoms with Gasteiger partial charge < -0.3 is 10.0 Å². The minimum Gasteiger partial charge on any atom is -0.478 e. The third-order valence-electron chi connectivity index (χ3n) is 3.02. The molecular weight excluding hydrogens is 283 g/mol. The van der Waals surface area contributed by atoms with Gasteiger partial charge in [-0.1, -0.05) is 6.07 Å². The fourth-order valence-corrected chi connectivity index (χ4v) is 2.05.